The maximum Gasteiger partial charge on any atom is 0.335 e. The number of benzene rings is 2. The summed E-state index contributed by atoms with van der Waals surface area (Å²) in [5, 5.41) is 29.0. The number of ether oxygens (including phenoxy) is 2. The summed E-state index contributed by atoms with van der Waals surface area (Å²) < 4.78 is 13.8. The molecule has 0 saturated heterocycles. The molecule has 3 aromatic rings. The predicted molar refractivity (Wildman–Crippen MR) is 111 cm³/mol. The molecular formula is C22H23N3O6. The van der Waals surface area contributed by atoms with Gasteiger partial charge in [0.25, 0.3) is 6.29 Å². The van der Waals surface area contributed by atoms with Gasteiger partial charge in [0.15, 0.2) is 23.0 Å². The molecule has 162 valence electrons. The summed E-state index contributed by atoms with van der Waals surface area (Å²) >= 11 is 0. The van der Waals surface area contributed by atoms with Crippen LogP contribution in [-0.2, 0) is 6.42 Å². The summed E-state index contributed by atoms with van der Waals surface area (Å²) in [6.45, 7) is 0.835. The van der Waals surface area contributed by atoms with E-state index in [9.17, 15) is 20.1 Å². The van der Waals surface area contributed by atoms with Crippen molar-refractivity contribution in [1.82, 2.24) is 14.5 Å². The minimum Gasteiger partial charge on any atom is -0.504 e. The highest BCUT2D eigenvalue weighted by Gasteiger charge is 2.35. The van der Waals surface area contributed by atoms with Crippen LogP contribution in [0.1, 0.15) is 27.7 Å². The quantitative estimate of drug-likeness (QED) is 0.494. The number of hydrogen-bond donors (Lipinski definition) is 3. The first-order valence-corrected chi connectivity index (χ1v) is 9.71. The number of aromatic carboxylic acids is 1. The van der Waals surface area contributed by atoms with E-state index in [2.05, 4.69) is 9.88 Å². The standard InChI is InChI=1S/C22H23N3O6/c1-24(2)8-7-15-11-25(12-23-15)20(13-3-5-16(26)17(27)9-13)22-30-18-6-4-14(21(28)29)10-19(18)31-22/h3-6,9-12,20,22,26-27H,7-8H2,1-2H3,(H,28,29). The highest BCUT2D eigenvalue weighted by atomic mass is 16.7. The number of carboxylic acid groups (broad SMARTS) is 1. The van der Waals surface area contributed by atoms with Crippen molar-refractivity contribution < 1.29 is 29.6 Å². The summed E-state index contributed by atoms with van der Waals surface area (Å²) in [4.78, 5) is 17.8. The fourth-order valence-corrected chi connectivity index (χ4v) is 3.43. The Morgan fingerprint density at radius 3 is 2.61 bits per heavy atom. The topological polar surface area (TPSA) is 117 Å². The summed E-state index contributed by atoms with van der Waals surface area (Å²) in [6.07, 6.45) is 3.47. The zero-order valence-electron chi connectivity index (χ0n) is 17.1. The number of hydrogen-bond acceptors (Lipinski definition) is 7. The zero-order valence-corrected chi connectivity index (χ0v) is 17.1. The second-order valence-corrected chi connectivity index (χ2v) is 7.63. The third-order valence-corrected chi connectivity index (χ3v) is 5.07. The summed E-state index contributed by atoms with van der Waals surface area (Å²) in [6, 6.07) is 8.37. The van der Waals surface area contributed by atoms with Crippen LogP contribution in [0.5, 0.6) is 23.0 Å². The van der Waals surface area contributed by atoms with Gasteiger partial charge < -0.3 is 34.3 Å². The number of rotatable bonds is 7. The molecule has 0 spiro atoms. The van der Waals surface area contributed by atoms with E-state index < -0.39 is 18.3 Å². The lowest BCUT2D eigenvalue weighted by molar-refractivity contribution is 0.0147. The zero-order chi connectivity index (χ0) is 22.1. The minimum absolute atomic E-state index is 0.0930. The number of likely N-dealkylation sites (N-methyl/N-ethyl adjacent to an activating group) is 1. The van der Waals surface area contributed by atoms with E-state index in [1.807, 2.05) is 24.9 Å². The van der Waals surface area contributed by atoms with Crippen molar-refractivity contribution in [3.05, 3.63) is 65.7 Å². The van der Waals surface area contributed by atoms with Crippen molar-refractivity contribution in [2.45, 2.75) is 18.8 Å². The van der Waals surface area contributed by atoms with Crippen LogP contribution in [0.15, 0.2) is 48.9 Å². The Morgan fingerprint density at radius 2 is 1.90 bits per heavy atom. The molecule has 1 aliphatic rings. The third kappa shape index (κ3) is 4.26. The molecule has 0 bridgehead atoms. The third-order valence-electron chi connectivity index (χ3n) is 5.07. The van der Waals surface area contributed by atoms with Crippen LogP contribution in [0.3, 0.4) is 0 Å². The SMILES string of the molecule is CN(C)CCc1cn(C(c2ccc(O)c(O)c2)C2Oc3ccc(C(=O)O)cc3O2)cn1. The van der Waals surface area contributed by atoms with Crippen LogP contribution in [0, 0.1) is 0 Å². The van der Waals surface area contributed by atoms with Crippen LogP contribution in [0.4, 0.5) is 0 Å². The maximum absolute atomic E-state index is 11.3. The lowest BCUT2D eigenvalue weighted by atomic mass is 10.1. The molecule has 9 nitrogen and oxygen atoms in total. The molecule has 0 aliphatic carbocycles. The smallest absolute Gasteiger partial charge is 0.335 e. The number of imidazole rings is 1. The average molecular weight is 425 g/mol. The monoisotopic (exact) mass is 425 g/mol. The second-order valence-electron chi connectivity index (χ2n) is 7.63. The molecule has 0 amide bonds. The number of carboxylic acids is 1. The number of phenolic OH excluding ortho intramolecular Hbond substituents is 2. The van der Waals surface area contributed by atoms with Gasteiger partial charge in [-0.05, 0) is 50.0 Å². The van der Waals surface area contributed by atoms with Gasteiger partial charge in [-0.2, -0.15) is 0 Å². The van der Waals surface area contributed by atoms with Crippen LogP contribution in [0.25, 0.3) is 0 Å². The Morgan fingerprint density at radius 1 is 1.13 bits per heavy atom. The van der Waals surface area contributed by atoms with Crippen molar-refractivity contribution in [3.63, 3.8) is 0 Å². The minimum atomic E-state index is -1.06. The van der Waals surface area contributed by atoms with Gasteiger partial charge in [0.2, 0.25) is 0 Å². The normalized spacial score (nSPS) is 15.9. The Balaban J connectivity index is 1.68. The average Bonchev–Trinajstić information content (AvgIpc) is 3.35. The number of nitrogens with zero attached hydrogens (tertiary/aromatic N) is 3. The summed E-state index contributed by atoms with van der Waals surface area (Å²) in [7, 11) is 3.98. The van der Waals surface area contributed by atoms with Gasteiger partial charge in [-0.3, -0.25) is 0 Å². The van der Waals surface area contributed by atoms with E-state index in [1.54, 1.807) is 18.5 Å². The first-order valence-electron chi connectivity index (χ1n) is 9.71. The van der Waals surface area contributed by atoms with Crippen LogP contribution in [-0.4, -0.2) is 62.7 Å². The number of aromatic hydroxyl groups is 2. The molecule has 1 aromatic heterocycles. The number of aromatic nitrogens is 2. The van der Waals surface area contributed by atoms with E-state index in [0.717, 1.165) is 18.7 Å². The van der Waals surface area contributed by atoms with Crippen LogP contribution < -0.4 is 9.47 Å². The fraction of sp³-hybridized carbons (Fsp3) is 0.273. The van der Waals surface area contributed by atoms with Gasteiger partial charge in [0.1, 0.15) is 6.04 Å². The Hall–Kier alpha value is -3.72. The van der Waals surface area contributed by atoms with Gasteiger partial charge >= 0.3 is 5.97 Å². The molecule has 2 aromatic carbocycles. The molecule has 3 N–H and O–H groups in total. The van der Waals surface area contributed by atoms with Crippen molar-refractivity contribution in [2.75, 3.05) is 20.6 Å². The number of phenols is 2. The molecule has 9 heteroatoms. The van der Waals surface area contributed by atoms with Crippen molar-refractivity contribution in [1.29, 1.82) is 0 Å². The molecule has 1 aliphatic heterocycles. The van der Waals surface area contributed by atoms with Gasteiger partial charge in [-0.25, -0.2) is 9.78 Å². The molecule has 0 fully saturated rings. The van der Waals surface area contributed by atoms with Crippen LogP contribution >= 0.6 is 0 Å². The molecule has 31 heavy (non-hydrogen) atoms. The van der Waals surface area contributed by atoms with Gasteiger partial charge in [-0.15, -0.1) is 0 Å². The lowest BCUT2D eigenvalue weighted by Gasteiger charge is -2.24. The largest absolute Gasteiger partial charge is 0.504 e. The Labute approximate surface area is 178 Å². The maximum atomic E-state index is 11.3. The second kappa shape index (κ2) is 8.19. The molecule has 0 radical (unpaired) electrons. The first kappa shape index (κ1) is 20.5. The summed E-state index contributed by atoms with van der Waals surface area (Å²) in [5.74, 6) is -0.807. The lowest BCUT2D eigenvalue weighted by Crippen LogP contribution is -2.31. The van der Waals surface area contributed by atoms with Crippen molar-refractivity contribution >= 4 is 5.97 Å². The fourth-order valence-electron chi connectivity index (χ4n) is 3.43. The van der Waals surface area contributed by atoms with E-state index in [0.29, 0.717) is 17.1 Å². The van der Waals surface area contributed by atoms with Crippen molar-refractivity contribution in [2.24, 2.45) is 0 Å². The van der Waals surface area contributed by atoms with Crippen LogP contribution in [0.2, 0.25) is 0 Å². The molecular weight excluding hydrogens is 402 g/mol. The predicted octanol–water partition coefficient (Wildman–Crippen LogP) is 2.48. The van der Waals surface area contributed by atoms with Gasteiger partial charge in [-0.1, -0.05) is 6.07 Å². The van der Waals surface area contributed by atoms with Gasteiger partial charge in [0, 0.05) is 19.2 Å². The first-order chi connectivity index (χ1) is 14.8. The van der Waals surface area contributed by atoms with Gasteiger partial charge in [0.05, 0.1) is 17.6 Å². The van der Waals surface area contributed by atoms with E-state index >= 15 is 0 Å². The number of fused-ring (bicyclic) bond motifs is 1. The Kier molecular flexibility index (Phi) is 5.43. The Bertz CT molecular complexity index is 1110. The van der Waals surface area contributed by atoms with E-state index in [4.69, 9.17) is 9.47 Å². The highest BCUT2D eigenvalue weighted by Crippen LogP contribution is 2.41. The van der Waals surface area contributed by atoms with Crippen molar-refractivity contribution in [3.8, 4) is 23.0 Å². The highest BCUT2D eigenvalue weighted by molar-refractivity contribution is 5.88. The molecule has 2 unspecified atom stereocenters. The molecule has 2 atom stereocenters. The molecule has 4 rings (SSSR count). The molecule has 0 saturated carbocycles. The van der Waals surface area contributed by atoms with E-state index in [-0.39, 0.29) is 17.1 Å². The summed E-state index contributed by atoms with van der Waals surface area (Å²) in [5.41, 5.74) is 1.60. The molecule has 2 heterocycles. The number of carbonyl (C=O) groups is 1. The van der Waals surface area contributed by atoms with E-state index in [1.165, 1.54) is 24.3 Å².